The van der Waals surface area contributed by atoms with Crippen LogP contribution in [0.25, 0.3) is 0 Å². The predicted octanol–water partition coefficient (Wildman–Crippen LogP) is 2.66. The molecule has 19 heavy (non-hydrogen) atoms. The van der Waals surface area contributed by atoms with Gasteiger partial charge in [-0.1, -0.05) is 23.0 Å². The maximum Gasteiger partial charge on any atom is 0.256 e. The van der Waals surface area contributed by atoms with Crippen LogP contribution in [0.3, 0.4) is 0 Å². The van der Waals surface area contributed by atoms with Crippen molar-refractivity contribution < 1.29 is 4.79 Å². The molecule has 2 rings (SSSR count). The molecule has 0 saturated carbocycles. The van der Waals surface area contributed by atoms with Gasteiger partial charge in [-0.15, -0.1) is 5.10 Å². The Bertz CT molecular complexity index is 560. The smallest absolute Gasteiger partial charge is 0.256 e. The molecule has 0 aromatic carbocycles. The van der Waals surface area contributed by atoms with E-state index in [1.54, 1.807) is 6.07 Å². The highest BCUT2D eigenvalue weighted by Gasteiger charge is 2.10. The van der Waals surface area contributed by atoms with E-state index in [-0.39, 0.29) is 11.1 Å². The summed E-state index contributed by atoms with van der Waals surface area (Å²) in [5, 5.41) is 10.3. The molecular formula is C11H12ClN5OS. The number of aromatic nitrogens is 3. The fourth-order valence-corrected chi connectivity index (χ4v) is 2.00. The Kier molecular flexibility index (Phi) is 4.64. The summed E-state index contributed by atoms with van der Waals surface area (Å²) in [5.41, 5.74) is 0.437. The van der Waals surface area contributed by atoms with Crippen LogP contribution < -0.4 is 10.6 Å². The normalized spacial score (nSPS) is 10.2. The Hall–Kier alpha value is -1.73. The summed E-state index contributed by atoms with van der Waals surface area (Å²) in [5.74, 6) is 0.317. The third-order valence-corrected chi connectivity index (χ3v) is 2.98. The lowest BCUT2D eigenvalue weighted by Gasteiger charge is -2.07. The summed E-state index contributed by atoms with van der Waals surface area (Å²) in [6.45, 7) is 2.81. The number of hydrogen-bond donors (Lipinski definition) is 2. The van der Waals surface area contributed by atoms with Gasteiger partial charge in [0.05, 0.1) is 6.20 Å². The van der Waals surface area contributed by atoms with Crippen molar-refractivity contribution in [2.24, 2.45) is 0 Å². The van der Waals surface area contributed by atoms with Gasteiger partial charge in [-0.05, 0) is 18.6 Å². The molecule has 0 aliphatic heterocycles. The molecule has 0 bridgehead atoms. The van der Waals surface area contributed by atoms with Gasteiger partial charge in [0.1, 0.15) is 16.0 Å². The number of nitrogens with one attached hydrogen (secondary N) is 2. The lowest BCUT2D eigenvalue weighted by Crippen LogP contribution is -2.12. The molecule has 2 aromatic rings. The first-order valence-corrected chi connectivity index (χ1v) is 6.84. The summed E-state index contributed by atoms with van der Waals surface area (Å²) in [6.07, 6.45) is 2.45. The molecule has 0 aliphatic carbocycles. The van der Waals surface area contributed by atoms with Gasteiger partial charge in [0.2, 0.25) is 0 Å². The fraction of sp³-hybridized carbons (Fsp3) is 0.273. The topological polar surface area (TPSA) is 79.8 Å². The van der Waals surface area contributed by atoms with E-state index in [2.05, 4.69) is 25.2 Å². The predicted molar refractivity (Wildman–Crippen MR) is 75.9 cm³/mol. The molecule has 2 aromatic heterocycles. The zero-order chi connectivity index (χ0) is 13.7. The Morgan fingerprint density at radius 3 is 3.00 bits per heavy atom. The summed E-state index contributed by atoms with van der Waals surface area (Å²) >= 11 is 7.01. The quantitative estimate of drug-likeness (QED) is 0.829. The first-order valence-electron chi connectivity index (χ1n) is 5.69. The molecule has 6 nitrogen and oxygen atoms in total. The molecule has 0 radical (unpaired) electrons. The van der Waals surface area contributed by atoms with Crippen molar-refractivity contribution in [1.29, 1.82) is 0 Å². The van der Waals surface area contributed by atoms with E-state index < -0.39 is 0 Å². The van der Waals surface area contributed by atoms with Gasteiger partial charge in [0.15, 0.2) is 0 Å². The van der Waals surface area contributed by atoms with Gasteiger partial charge in [-0.25, -0.2) is 4.98 Å². The first-order chi connectivity index (χ1) is 9.19. The highest BCUT2D eigenvalue weighted by atomic mass is 35.5. The number of pyridine rings is 1. The van der Waals surface area contributed by atoms with Crippen molar-refractivity contribution in [3.05, 3.63) is 29.0 Å². The number of amides is 1. The molecule has 0 saturated heterocycles. The van der Waals surface area contributed by atoms with Gasteiger partial charge in [0.25, 0.3) is 5.91 Å². The highest BCUT2D eigenvalue weighted by molar-refractivity contribution is 7.10. The molecule has 1 amide bonds. The number of hydrogen-bond acceptors (Lipinski definition) is 6. The number of rotatable bonds is 5. The van der Waals surface area contributed by atoms with Gasteiger partial charge in [-0.2, -0.15) is 0 Å². The second kappa shape index (κ2) is 6.44. The average molecular weight is 298 g/mol. The van der Waals surface area contributed by atoms with Gasteiger partial charge in [0, 0.05) is 23.6 Å². The van der Waals surface area contributed by atoms with Crippen molar-refractivity contribution in [1.82, 2.24) is 14.6 Å². The van der Waals surface area contributed by atoms with Crippen LogP contribution in [0.15, 0.2) is 18.3 Å². The van der Waals surface area contributed by atoms with Crippen molar-refractivity contribution in [2.45, 2.75) is 13.3 Å². The zero-order valence-corrected chi connectivity index (χ0v) is 11.8. The van der Waals surface area contributed by atoms with Crippen LogP contribution >= 0.6 is 23.1 Å². The molecule has 8 heteroatoms. The lowest BCUT2D eigenvalue weighted by atomic mass is 10.2. The molecule has 2 N–H and O–H groups in total. The highest BCUT2D eigenvalue weighted by Crippen LogP contribution is 2.17. The van der Waals surface area contributed by atoms with Crippen molar-refractivity contribution in [2.75, 3.05) is 17.2 Å². The second-order valence-corrected chi connectivity index (χ2v) is 4.90. The first kappa shape index (κ1) is 13.7. The monoisotopic (exact) mass is 297 g/mol. The summed E-state index contributed by atoms with van der Waals surface area (Å²) in [6, 6.07) is 3.17. The van der Waals surface area contributed by atoms with E-state index in [4.69, 9.17) is 11.6 Å². The number of halogens is 1. The van der Waals surface area contributed by atoms with Crippen LogP contribution in [0.2, 0.25) is 5.15 Å². The minimum Gasteiger partial charge on any atom is -0.370 e. The van der Waals surface area contributed by atoms with E-state index in [1.807, 2.05) is 6.92 Å². The largest absolute Gasteiger partial charge is 0.370 e. The SMILES string of the molecule is CCCNc1cc(C(=O)Nc2cnns2)cc(Cl)n1. The summed E-state index contributed by atoms with van der Waals surface area (Å²) in [4.78, 5) is 16.1. The molecular weight excluding hydrogens is 286 g/mol. The van der Waals surface area contributed by atoms with Crippen LogP contribution in [-0.2, 0) is 0 Å². The Balaban J connectivity index is 2.14. The van der Waals surface area contributed by atoms with Crippen LogP contribution in [0.1, 0.15) is 23.7 Å². The minimum atomic E-state index is -0.269. The lowest BCUT2D eigenvalue weighted by molar-refractivity contribution is 0.102. The molecule has 0 fully saturated rings. The summed E-state index contributed by atoms with van der Waals surface area (Å²) in [7, 11) is 0. The van der Waals surface area contributed by atoms with Crippen molar-refractivity contribution in [3.63, 3.8) is 0 Å². The Labute approximate surface area is 119 Å². The Morgan fingerprint density at radius 1 is 1.47 bits per heavy atom. The third kappa shape index (κ3) is 3.87. The Morgan fingerprint density at radius 2 is 2.32 bits per heavy atom. The maximum absolute atomic E-state index is 12.0. The van der Waals surface area contributed by atoms with Crippen molar-refractivity contribution >= 4 is 39.9 Å². The number of carbonyl (C=O) groups is 1. The number of anilines is 2. The standard InChI is InChI=1S/C11H12ClN5OS/c1-2-3-13-9-5-7(4-8(12)15-9)11(18)16-10-6-14-17-19-10/h4-6H,2-3H2,1H3,(H,13,15)(H,16,18). The van der Waals surface area contributed by atoms with E-state index >= 15 is 0 Å². The maximum atomic E-state index is 12.0. The minimum absolute atomic E-state index is 0.269. The number of carbonyl (C=O) groups excluding carboxylic acids is 1. The zero-order valence-electron chi connectivity index (χ0n) is 10.2. The molecule has 0 spiro atoms. The van der Waals surface area contributed by atoms with E-state index in [0.29, 0.717) is 16.4 Å². The molecule has 2 heterocycles. The van der Waals surface area contributed by atoms with E-state index in [1.165, 1.54) is 12.3 Å². The molecule has 0 aliphatic rings. The summed E-state index contributed by atoms with van der Waals surface area (Å²) < 4.78 is 3.67. The average Bonchev–Trinajstić information content (AvgIpc) is 2.88. The van der Waals surface area contributed by atoms with Crippen LogP contribution in [0.5, 0.6) is 0 Å². The van der Waals surface area contributed by atoms with E-state index in [0.717, 1.165) is 24.5 Å². The van der Waals surface area contributed by atoms with Crippen molar-refractivity contribution in [3.8, 4) is 0 Å². The van der Waals surface area contributed by atoms with Crippen LogP contribution in [0.4, 0.5) is 10.8 Å². The van der Waals surface area contributed by atoms with Gasteiger partial charge < -0.3 is 10.6 Å². The molecule has 100 valence electrons. The number of nitrogens with zero attached hydrogens (tertiary/aromatic N) is 3. The third-order valence-electron chi connectivity index (χ3n) is 2.21. The van der Waals surface area contributed by atoms with Gasteiger partial charge in [-0.3, -0.25) is 4.79 Å². The fourth-order valence-electron chi connectivity index (χ4n) is 1.38. The van der Waals surface area contributed by atoms with Gasteiger partial charge >= 0.3 is 0 Å². The second-order valence-electron chi connectivity index (χ2n) is 3.73. The van der Waals surface area contributed by atoms with E-state index in [9.17, 15) is 4.79 Å². The molecule has 0 atom stereocenters. The van der Waals surface area contributed by atoms with Crippen LogP contribution in [-0.4, -0.2) is 27.0 Å². The molecule has 0 unspecified atom stereocenters. The van der Waals surface area contributed by atoms with Crippen LogP contribution in [0, 0.1) is 0 Å².